The maximum Gasteiger partial charge on any atom is 0.227 e. The number of aromatic nitrogens is 4. The Morgan fingerprint density at radius 2 is 2.13 bits per heavy atom. The lowest BCUT2D eigenvalue weighted by Gasteiger charge is -2.23. The minimum absolute atomic E-state index is 0.0391. The maximum atomic E-state index is 6.61. The summed E-state index contributed by atoms with van der Waals surface area (Å²) in [5, 5.41) is 6.35. The number of anilines is 1. The van der Waals surface area contributed by atoms with Gasteiger partial charge in [-0.1, -0.05) is 12.1 Å². The zero-order chi connectivity index (χ0) is 20.8. The average molecular weight is 489 g/mol. The standard InChI is InChI=1S/C21H19BrClN5O2/c1-29-20-17-18(24)12(9-14(22)19(17)26-21(23)27-20)11-5-4-6-15-13(11)10-25-28(15)16-7-2-3-8-30-16/h4-6,9-10,16H,2-3,7-8,24H2,1H3. The SMILES string of the molecule is COc1nc(Cl)nc2c(Br)cc(-c3cccc4c3cnn4C3CCCCO3)c(N)c12. The molecule has 7 nitrogen and oxygen atoms in total. The second kappa shape index (κ2) is 7.68. The van der Waals surface area contributed by atoms with Crippen molar-refractivity contribution in [1.82, 2.24) is 19.7 Å². The highest BCUT2D eigenvalue weighted by atomic mass is 79.9. The van der Waals surface area contributed by atoms with Crippen LogP contribution in [0.15, 0.2) is 34.9 Å². The maximum absolute atomic E-state index is 6.61. The lowest BCUT2D eigenvalue weighted by atomic mass is 9.98. The van der Waals surface area contributed by atoms with Crippen molar-refractivity contribution in [2.24, 2.45) is 0 Å². The normalized spacial score (nSPS) is 17.0. The predicted molar refractivity (Wildman–Crippen MR) is 121 cm³/mol. The summed E-state index contributed by atoms with van der Waals surface area (Å²) in [6, 6.07) is 8.04. The molecule has 5 rings (SSSR count). The molecule has 0 aliphatic carbocycles. The number of methoxy groups -OCH3 is 1. The molecule has 0 amide bonds. The Morgan fingerprint density at radius 1 is 1.27 bits per heavy atom. The van der Waals surface area contributed by atoms with E-state index >= 15 is 0 Å². The third-order valence-electron chi connectivity index (χ3n) is 5.46. The molecule has 0 bridgehead atoms. The van der Waals surface area contributed by atoms with Crippen LogP contribution in [-0.4, -0.2) is 33.5 Å². The molecular weight excluding hydrogens is 470 g/mol. The highest BCUT2D eigenvalue weighted by molar-refractivity contribution is 9.10. The van der Waals surface area contributed by atoms with Crippen molar-refractivity contribution in [1.29, 1.82) is 0 Å². The van der Waals surface area contributed by atoms with Gasteiger partial charge < -0.3 is 15.2 Å². The van der Waals surface area contributed by atoms with Gasteiger partial charge in [-0.2, -0.15) is 10.1 Å². The van der Waals surface area contributed by atoms with E-state index < -0.39 is 0 Å². The van der Waals surface area contributed by atoms with Gasteiger partial charge in [0.15, 0.2) is 6.23 Å². The molecule has 154 valence electrons. The fourth-order valence-electron chi connectivity index (χ4n) is 4.06. The van der Waals surface area contributed by atoms with Crippen molar-refractivity contribution in [3.05, 3.63) is 40.2 Å². The first-order valence-corrected chi connectivity index (χ1v) is 10.8. The summed E-state index contributed by atoms with van der Waals surface area (Å²) in [4.78, 5) is 8.50. The van der Waals surface area contributed by atoms with Crippen LogP contribution in [0.4, 0.5) is 5.69 Å². The number of hydrogen-bond acceptors (Lipinski definition) is 6. The van der Waals surface area contributed by atoms with Crippen molar-refractivity contribution in [3.63, 3.8) is 0 Å². The van der Waals surface area contributed by atoms with Gasteiger partial charge in [0, 0.05) is 22.0 Å². The van der Waals surface area contributed by atoms with E-state index in [1.807, 2.05) is 29.1 Å². The predicted octanol–water partition coefficient (Wildman–Crippen LogP) is 5.35. The highest BCUT2D eigenvalue weighted by Gasteiger charge is 2.22. The van der Waals surface area contributed by atoms with Crippen LogP contribution < -0.4 is 10.5 Å². The third-order valence-corrected chi connectivity index (χ3v) is 6.23. The molecule has 2 aromatic heterocycles. The van der Waals surface area contributed by atoms with Gasteiger partial charge in [-0.15, -0.1) is 0 Å². The number of rotatable bonds is 3. The molecule has 0 saturated carbocycles. The van der Waals surface area contributed by atoms with Gasteiger partial charge in [0.05, 0.1) is 35.4 Å². The Morgan fingerprint density at radius 3 is 2.90 bits per heavy atom. The summed E-state index contributed by atoms with van der Waals surface area (Å²) in [5.41, 5.74) is 10.6. The average Bonchev–Trinajstić information content (AvgIpc) is 3.20. The number of ether oxygens (including phenoxy) is 2. The number of nitrogens with zero attached hydrogens (tertiary/aromatic N) is 4. The molecule has 1 atom stereocenters. The van der Waals surface area contributed by atoms with Crippen molar-refractivity contribution in [3.8, 4) is 17.0 Å². The molecule has 1 fully saturated rings. The topological polar surface area (TPSA) is 88.1 Å². The van der Waals surface area contributed by atoms with Gasteiger partial charge in [0.2, 0.25) is 11.2 Å². The molecule has 1 aliphatic rings. The first-order chi connectivity index (χ1) is 14.6. The van der Waals surface area contributed by atoms with E-state index in [1.165, 1.54) is 7.11 Å². The van der Waals surface area contributed by atoms with E-state index in [1.54, 1.807) is 0 Å². The van der Waals surface area contributed by atoms with Gasteiger partial charge in [-0.05, 0) is 64.5 Å². The third kappa shape index (κ3) is 3.10. The smallest absolute Gasteiger partial charge is 0.227 e. The second-order valence-electron chi connectivity index (χ2n) is 7.19. The molecule has 1 saturated heterocycles. The van der Waals surface area contributed by atoms with Gasteiger partial charge in [0.1, 0.15) is 0 Å². The number of hydrogen-bond donors (Lipinski definition) is 1. The Hall–Kier alpha value is -2.42. The Balaban J connectivity index is 1.74. The molecule has 2 aromatic carbocycles. The lowest BCUT2D eigenvalue weighted by Crippen LogP contribution is -2.18. The van der Waals surface area contributed by atoms with Crippen molar-refractivity contribution in [2.45, 2.75) is 25.5 Å². The fourth-order valence-corrected chi connectivity index (χ4v) is 4.74. The zero-order valence-electron chi connectivity index (χ0n) is 16.2. The molecule has 0 spiro atoms. The molecule has 30 heavy (non-hydrogen) atoms. The molecule has 9 heteroatoms. The number of benzene rings is 2. The molecule has 1 aliphatic heterocycles. The van der Waals surface area contributed by atoms with Crippen molar-refractivity contribution < 1.29 is 9.47 Å². The van der Waals surface area contributed by atoms with E-state index in [-0.39, 0.29) is 11.5 Å². The summed E-state index contributed by atoms with van der Waals surface area (Å²) in [6.07, 6.45) is 5.02. The number of nitrogens with two attached hydrogens (primary N) is 1. The first kappa shape index (κ1) is 19.5. The quantitative estimate of drug-likeness (QED) is 0.309. The molecule has 4 aromatic rings. The Kier molecular flexibility index (Phi) is 5.00. The molecule has 0 radical (unpaired) electrons. The van der Waals surface area contributed by atoms with Crippen molar-refractivity contribution in [2.75, 3.05) is 19.5 Å². The van der Waals surface area contributed by atoms with E-state index in [4.69, 9.17) is 26.8 Å². The number of halogens is 2. The number of fused-ring (bicyclic) bond motifs is 2. The molecule has 3 heterocycles. The number of nitrogen functional groups attached to an aromatic ring is 1. The highest BCUT2D eigenvalue weighted by Crippen LogP contribution is 2.42. The van der Waals surface area contributed by atoms with Gasteiger partial charge in [-0.3, -0.25) is 0 Å². The van der Waals surface area contributed by atoms with Crippen LogP contribution in [0, 0.1) is 0 Å². The molecule has 1 unspecified atom stereocenters. The summed E-state index contributed by atoms with van der Waals surface area (Å²) in [7, 11) is 1.53. The zero-order valence-corrected chi connectivity index (χ0v) is 18.6. The first-order valence-electron chi connectivity index (χ1n) is 9.66. The summed E-state index contributed by atoms with van der Waals surface area (Å²) < 4.78 is 14.1. The second-order valence-corrected chi connectivity index (χ2v) is 8.39. The summed E-state index contributed by atoms with van der Waals surface area (Å²) in [6.45, 7) is 0.763. The van der Waals surface area contributed by atoms with Crippen LogP contribution in [0.25, 0.3) is 32.9 Å². The summed E-state index contributed by atoms with van der Waals surface area (Å²) >= 11 is 9.66. The van der Waals surface area contributed by atoms with E-state index in [9.17, 15) is 0 Å². The lowest BCUT2D eigenvalue weighted by molar-refractivity contribution is -0.0366. The van der Waals surface area contributed by atoms with Crippen molar-refractivity contribution >= 4 is 55.0 Å². The van der Waals surface area contributed by atoms with Gasteiger partial charge >= 0.3 is 0 Å². The van der Waals surface area contributed by atoms with Crippen LogP contribution in [0.3, 0.4) is 0 Å². The van der Waals surface area contributed by atoms with Gasteiger partial charge in [-0.25, -0.2) is 9.67 Å². The molecular formula is C21H19BrClN5O2. The largest absolute Gasteiger partial charge is 0.480 e. The van der Waals surface area contributed by atoms with Gasteiger partial charge in [0.25, 0.3) is 0 Å². The minimum atomic E-state index is -0.0391. The Labute approximate surface area is 186 Å². The van der Waals surface area contributed by atoms with Crippen LogP contribution in [0.1, 0.15) is 25.5 Å². The minimum Gasteiger partial charge on any atom is -0.480 e. The Bertz CT molecular complexity index is 1270. The van der Waals surface area contributed by atoms with Crippen LogP contribution in [0.5, 0.6) is 5.88 Å². The van der Waals surface area contributed by atoms with Crippen LogP contribution in [0.2, 0.25) is 5.28 Å². The van der Waals surface area contributed by atoms with E-state index in [2.05, 4.69) is 37.1 Å². The van der Waals surface area contributed by atoms with Crippen LogP contribution in [-0.2, 0) is 4.74 Å². The van der Waals surface area contributed by atoms with E-state index in [0.29, 0.717) is 22.5 Å². The fraction of sp³-hybridized carbons (Fsp3) is 0.286. The molecule has 2 N–H and O–H groups in total. The van der Waals surface area contributed by atoms with E-state index in [0.717, 1.165) is 52.4 Å². The van der Waals surface area contributed by atoms with Crippen LogP contribution >= 0.6 is 27.5 Å². The summed E-state index contributed by atoms with van der Waals surface area (Å²) in [5.74, 6) is 0.337. The monoisotopic (exact) mass is 487 g/mol.